The van der Waals surface area contributed by atoms with Gasteiger partial charge in [-0.2, -0.15) is 4.98 Å². The van der Waals surface area contributed by atoms with Crippen LogP contribution in [-0.2, 0) is 16.0 Å². The third-order valence-electron chi connectivity index (χ3n) is 5.61. The Balaban J connectivity index is 1.28. The molecule has 4 heterocycles. The van der Waals surface area contributed by atoms with Gasteiger partial charge in [0.15, 0.2) is 11.5 Å². The van der Waals surface area contributed by atoms with Crippen molar-refractivity contribution in [3.05, 3.63) is 59.9 Å². The number of ether oxygens (including phenoxy) is 2. The van der Waals surface area contributed by atoms with Gasteiger partial charge in [-0.3, -0.25) is 14.7 Å². The highest BCUT2D eigenvalue weighted by Gasteiger charge is 2.33. The molecule has 2 N–H and O–H groups in total. The summed E-state index contributed by atoms with van der Waals surface area (Å²) in [6, 6.07) is 6.63. The Labute approximate surface area is 195 Å². The van der Waals surface area contributed by atoms with Crippen LogP contribution in [0.2, 0.25) is 0 Å². The van der Waals surface area contributed by atoms with Crippen LogP contribution in [-0.4, -0.2) is 63.8 Å². The second-order valence-corrected chi connectivity index (χ2v) is 7.89. The molecule has 174 valence electrons. The van der Waals surface area contributed by atoms with Gasteiger partial charge in [0, 0.05) is 43.8 Å². The molecule has 1 atom stereocenters. The zero-order valence-corrected chi connectivity index (χ0v) is 18.5. The van der Waals surface area contributed by atoms with Crippen molar-refractivity contribution in [1.82, 2.24) is 30.2 Å². The third kappa shape index (κ3) is 4.34. The number of hydrogen-bond acceptors (Lipinski definition) is 9. The molecule has 2 aliphatic rings. The molecule has 0 radical (unpaired) electrons. The van der Waals surface area contributed by atoms with Crippen LogP contribution in [0.15, 0.2) is 48.7 Å². The second-order valence-electron chi connectivity index (χ2n) is 7.89. The Bertz CT molecular complexity index is 1250. The van der Waals surface area contributed by atoms with E-state index in [1.165, 1.54) is 0 Å². The number of benzene rings is 1. The molecule has 0 bridgehead atoms. The fraction of sp³-hybridized carbons (Fsp3) is 0.304. The summed E-state index contributed by atoms with van der Waals surface area (Å²) >= 11 is 0. The molecule has 34 heavy (non-hydrogen) atoms. The maximum atomic E-state index is 13.0. The number of piperazine rings is 1. The van der Waals surface area contributed by atoms with E-state index < -0.39 is 6.04 Å². The Morgan fingerprint density at radius 1 is 1.26 bits per heavy atom. The molecular formula is C23H23N7O4. The van der Waals surface area contributed by atoms with Crippen LogP contribution in [0.5, 0.6) is 11.5 Å². The van der Waals surface area contributed by atoms with E-state index in [1.807, 2.05) is 31.1 Å². The predicted molar refractivity (Wildman–Crippen MR) is 122 cm³/mol. The highest BCUT2D eigenvalue weighted by Crippen LogP contribution is 2.32. The molecule has 2 aromatic heterocycles. The van der Waals surface area contributed by atoms with Crippen molar-refractivity contribution in [2.75, 3.05) is 31.3 Å². The Kier molecular flexibility index (Phi) is 5.94. The van der Waals surface area contributed by atoms with Crippen molar-refractivity contribution in [2.24, 2.45) is 0 Å². The lowest BCUT2D eigenvalue weighted by Gasteiger charge is -2.34. The molecule has 1 unspecified atom stereocenters. The summed E-state index contributed by atoms with van der Waals surface area (Å²) in [5.74, 6) is 4.03. The number of aromatic nitrogens is 4. The molecule has 0 aliphatic carbocycles. The molecule has 2 aliphatic heterocycles. The topological polar surface area (TPSA) is 124 Å². The first kappa shape index (κ1) is 21.6. The molecule has 1 fully saturated rings. The van der Waals surface area contributed by atoms with Crippen LogP contribution in [0.25, 0.3) is 5.95 Å². The molecule has 11 heteroatoms. The van der Waals surface area contributed by atoms with Crippen molar-refractivity contribution in [3.8, 4) is 17.4 Å². The van der Waals surface area contributed by atoms with Gasteiger partial charge in [0.25, 0.3) is 0 Å². The van der Waals surface area contributed by atoms with Crippen LogP contribution >= 0.6 is 0 Å². The number of carbonyl (C=O) groups is 1. The van der Waals surface area contributed by atoms with E-state index >= 15 is 0 Å². The minimum absolute atomic E-state index is 0.182. The largest absolute Gasteiger partial charge is 0.454 e. The molecule has 3 aromatic rings. The summed E-state index contributed by atoms with van der Waals surface area (Å²) in [6.07, 6.45) is 5.58. The zero-order chi connectivity index (χ0) is 23.5. The van der Waals surface area contributed by atoms with Crippen LogP contribution in [0.3, 0.4) is 0 Å². The first-order valence-electron chi connectivity index (χ1n) is 10.9. The van der Waals surface area contributed by atoms with E-state index in [2.05, 4.69) is 25.6 Å². The van der Waals surface area contributed by atoms with Gasteiger partial charge in [-0.1, -0.05) is 6.07 Å². The number of anilines is 1. The van der Waals surface area contributed by atoms with Gasteiger partial charge >= 0.3 is 0 Å². The quantitative estimate of drug-likeness (QED) is 0.507. The molecule has 1 amide bonds. The first-order chi connectivity index (χ1) is 16.6. The van der Waals surface area contributed by atoms with Gasteiger partial charge in [-0.25, -0.2) is 14.8 Å². The van der Waals surface area contributed by atoms with Crippen molar-refractivity contribution in [2.45, 2.75) is 19.4 Å². The third-order valence-corrected chi connectivity index (χ3v) is 5.61. The lowest BCUT2D eigenvalue weighted by atomic mass is 10.1. The van der Waals surface area contributed by atoms with Gasteiger partial charge < -0.3 is 19.7 Å². The number of fused-ring (bicyclic) bond motifs is 1. The predicted octanol–water partition coefficient (Wildman–Crippen LogP) is 0.552. The van der Waals surface area contributed by atoms with E-state index in [4.69, 9.17) is 9.47 Å². The maximum absolute atomic E-state index is 13.0. The van der Waals surface area contributed by atoms with Crippen molar-refractivity contribution < 1.29 is 19.1 Å². The lowest BCUT2D eigenvalue weighted by molar-refractivity contribution is -0.122. The number of nitrogens with zero attached hydrogens (tertiary/aromatic N) is 5. The normalized spacial score (nSPS) is 16.9. The van der Waals surface area contributed by atoms with E-state index in [0.29, 0.717) is 43.6 Å². The minimum atomic E-state index is -0.838. The van der Waals surface area contributed by atoms with Gasteiger partial charge in [0.05, 0.1) is 0 Å². The molecule has 1 saturated heterocycles. The number of rotatable bonds is 6. The highest BCUT2D eigenvalue weighted by molar-refractivity contribution is 5.89. The number of hydrogen-bond donors (Lipinski definition) is 2. The highest BCUT2D eigenvalue weighted by atomic mass is 16.7. The summed E-state index contributed by atoms with van der Waals surface area (Å²) < 4.78 is 12.4. The summed E-state index contributed by atoms with van der Waals surface area (Å²) in [5.41, 5.74) is 1.92. The van der Waals surface area contributed by atoms with Crippen LogP contribution in [0.1, 0.15) is 11.3 Å². The Morgan fingerprint density at radius 3 is 2.97 bits per heavy atom. The number of amides is 1. The zero-order valence-electron chi connectivity index (χ0n) is 18.5. The number of carbonyl (C=O) groups excluding carboxylic acids is 2. The van der Waals surface area contributed by atoms with Crippen molar-refractivity contribution >= 4 is 17.7 Å². The maximum Gasteiger partial charge on any atom is 0.244 e. The fourth-order valence-corrected chi connectivity index (χ4v) is 3.96. The molecule has 5 rings (SSSR count). The molecular weight excluding hydrogens is 438 g/mol. The molecule has 0 spiro atoms. The Morgan fingerprint density at radius 2 is 2.15 bits per heavy atom. The van der Waals surface area contributed by atoms with Gasteiger partial charge in [0.2, 0.25) is 18.6 Å². The standard InChI is InChI=1S/C23H23N7O4/c1-15-10-20(28-23(27-15)29-8-6-24-13-29)30-9-7-25-21(17(30)12-31)22(32)26-5-4-16-2-3-18-19(11-16)34-14-33-18/h2-3,6,8,10-11,13,21,25H,4-5,7,9,14H2,1H3,(H,26,32). The summed E-state index contributed by atoms with van der Waals surface area (Å²) in [7, 11) is 0. The Hall–Kier alpha value is -4.21. The number of imidazole rings is 1. The average molecular weight is 461 g/mol. The first-order valence-corrected chi connectivity index (χ1v) is 10.9. The SMILES string of the molecule is Cc1cc(N2CCNC(C(=O)NCCc3ccc4c(c3)OCO4)C2=C=O)nc(-n2ccnc2)n1. The monoisotopic (exact) mass is 461 g/mol. The van der Waals surface area contributed by atoms with Gasteiger partial charge in [0.1, 0.15) is 29.8 Å². The fourth-order valence-electron chi connectivity index (χ4n) is 3.96. The van der Waals surface area contributed by atoms with E-state index in [1.54, 1.807) is 34.3 Å². The minimum Gasteiger partial charge on any atom is -0.454 e. The van der Waals surface area contributed by atoms with Gasteiger partial charge in [-0.05, 0) is 31.0 Å². The summed E-state index contributed by atoms with van der Waals surface area (Å²) in [6.45, 7) is 3.43. The lowest BCUT2D eigenvalue weighted by Crippen LogP contribution is -2.56. The molecule has 0 saturated carbocycles. The summed E-state index contributed by atoms with van der Waals surface area (Å²) in [5, 5.41) is 6.02. The van der Waals surface area contributed by atoms with Crippen molar-refractivity contribution in [3.63, 3.8) is 0 Å². The smallest absolute Gasteiger partial charge is 0.244 e. The average Bonchev–Trinajstić information content (AvgIpc) is 3.55. The van der Waals surface area contributed by atoms with Crippen molar-refractivity contribution in [1.29, 1.82) is 0 Å². The van der Waals surface area contributed by atoms with E-state index in [-0.39, 0.29) is 18.4 Å². The molecule has 1 aromatic carbocycles. The number of nitrogens with one attached hydrogen (secondary N) is 2. The van der Waals surface area contributed by atoms with Crippen LogP contribution < -0.4 is 25.0 Å². The second kappa shape index (κ2) is 9.34. The number of aryl methyl sites for hydroxylation is 1. The van der Waals surface area contributed by atoms with E-state index in [9.17, 15) is 9.59 Å². The molecule has 11 nitrogen and oxygen atoms in total. The van der Waals surface area contributed by atoms with Gasteiger partial charge in [-0.15, -0.1) is 0 Å². The van der Waals surface area contributed by atoms with Crippen LogP contribution in [0, 0.1) is 6.92 Å². The van der Waals surface area contributed by atoms with Crippen LogP contribution in [0.4, 0.5) is 5.82 Å². The van der Waals surface area contributed by atoms with E-state index in [0.717, 1.165) is 17.0 Å². The summed E-state index contributed by atoms with van der Waals surface area (Å²) in [4.78, 5) is 39.7.